The number of hydrogen-bond donors (Lipinski definition) is 3. The maximum atomic E-state index is 12.3. The summed E-state index contributed by atoms with van der Waals surface area (Å²) in [4.78, 5) is 23.0. The van der Waals surface area contributed by atoms with Gasteiger partial charge >= 0.3 is 5.97 Å². The van der Waals surface area contributed by atoms with Gasteiger partial charge in [-0.3, -0.25) is 9.59 Å². The fourth-order valence-corrected chi connectivity index (χ4v) is 2.34. The van der Waals surface area contributed by atoms with Crippen LogP contribution in [0.15, 0.2) is 54.2 Å². The van der Waals surface area contributed by atoms with Crippen molar-refractivity contribution in [3.63, 3.8) is 0 Å². The van der Waals surface area contributed by atoms with Gasteiger partial charge in [0.1, 0.15) is 17.4 Å². The summed E-state index contributed by atoms with van der Waals surface area (Å²) in [6, 6.07) is 13.2. The zero-order chi connectivity index (χ0) is 19.8. The molecule has 0 aromatic heterocycles. The van der Waals surface area contributed by atoms with Crippen LogP contribution in [-0.4, -0.2) is 24.1 Å². The highest BCUT2D eigenvalue weighted by atomic mass is 35.5. The molecule has 2 rings (SSSR count). The lowest BCUT2D eigenvalue weighted by atomic mass is 10.1. The minimum atomic E-state index is -0.921. The van der Waals surface area contributed by atoms with Crippen LogP contribution in [0.5, 0.6) is 5.75 Å². The summed E-state index contributed by atoms with van der Waals surface area (Å²) in [5, 5.41) is 23.8. The van der Waals surface area contributed by atoms with E-state index in [9.17, 15) is 14.9 Å². The van der Waals surface area contributed by atoms with E-state index in [4.69, 9.17) is 21.4 Å². The Morgan fingerprint density at radius 3 is 2.56 bits per heavy atom. The van der Waals surface area contributed by atoms with Gasteiger partial charge in [0.25, 0.3) is 5.91 Å². The summed E-state index contributed by atoms with van der Waals surface area (Å²) >= 11 is 5.92. The number of nitriles is 1. The van der Waals surface area contributed by atoms with Crippen molar-refractivity contribution in [1.82, 2.24) is 0 Å². The van der Waals surface area contributed by atoms with Crippen molar-refractivity contribution in [2.24, 2.45) is 0 Å². The Kier molecular flexibility index (Phi) is 6.80. The topological polar surface area (TPSA) is 111 Å². The average Bonchev–Trinajstić information content (AvgIpc) is 2.63. The van der Waals surface area contributed by atoms with Crippen molar-refractivity contribution in [1.29, 1.82) is 5.26 Å². The van der Waals surface area contributed by atoms with Gasteiger partial charge < -0.3 is 20.5 Å². The highest BCUT2D eigenvalue weighted by Gasteiger charge is 2.13. The van der Waals surface area contributed by atoms with Gasteiger partial charge in [-0.1, -0.05) is 23.7 Å². The number of carbonyl (C=O) groups excluding carboxylic acids is 1. The van der Waals surface area contributed by atoms with Gasteiger partial charge in [-0.2, -0.15) is 5.26 Å². The summed E-state index contributed by atoms with van der Waals surface area (Å²) in [6.45, 7) is 0. The fourth-order valence-electron chi connectivity index (χ4n) is 2.17. The van der Waals surface area contributed by atoms with E-state index < -0.39 is 11.9 Å². The predicted octanol–water partition coefficient (Wildman–Crippen LogP) is 3.43. The van der Waals surface area contributed by atoms with Crippen molar-refractivity contribution in [2.45, 2.75) is 6.42 Å². The molecule has 0 bridgehead atoms. The van der Waals surface area contributed by atoms with Crippen LogP contribution in [0.1, 0.15) is 5.56 Å². The Bertz CT molecular complexity index is 918. The summed E-state index contributed by atoms with van der Waals surface area (Å²) in [5.41, 5.74) is 1.43. The minimum Gasteiger partial charge on any atom is -0.495 e. The van der Waals surface area contributed by atoms with Gasteiger partial charge in [-0.05, 0) is 35.9 Å². The monoisotopic (exact) mass is 385 g/mol. The lowest BCUT2D eigenvalue weighted by Gasteiger charge is -2.10. The number of benzene rings is 2. The Morgan fingerprint density at radius 2 is 1.96 bits per heavy atom. The highest BCUT2D eigenvalue weighted by Crippen LogP contribution is 2.28. The van der Waals surface area contributed by atoms with Crippen molar-refractivity contribution in [3.8, 4) is 11.8 Å². The standard InChI is InChI=1S/C19H16ClN3O4/c1-27-17-7-4-14(20)9-16(17)23-19(26)13(10-21)11-22-15-5-2-12(3-6-15)8-18(24)25/h2-7,9,11,22H,8H2,1H3,(H,23,26)(H,24,25)/b13-11-. The van der Waals surface area contributed by atoms with E-state index >= 15 is 0 Å². The molecule has 0 fully saturated rings. The Labute approximate surface area is 160 Å². The minimum absolute atomic E-state index is 0.0799. The number of amides is 1. The van der Waals surface area contributed by atoms with Gasteiger partial charge in [-0.25, -0.2) is 0 Å². The Hall–Kier alpha value is -3.50. The second kappa shape index (κ2) is 9.27. The number of carboxylic acid groups (broad SMARTS) is 1. The summed E-state index contributed by atoms with van der Waals surface area (Å²) in [7, 11) is 1.45. The van der Waals surface area contributed by atoms with E-state index in [1.54, 1.807) is 36.4 Å². The average molecular weight is 386 g/mol. The molecule has 0 saturated carbocycles. The van der Waals surface area contributed by atoms with Crippen molar-refractivity contribution < 1.29 is 19.4 Å². The second-order valence-electron chi connectivity index (χ2n) is 5.38. The molecule has 27 heavy (non-hydrogen) atoms. The molecule has 2 aromatic rings. The maximum absolute atomic E-state index is 12.3. The van der Waals surface area contributed by atoms with Crippen LogP contribution in [0.2, 0.25) is 5.02 Å². The molecule has 0 aliphatic carbocycles. The number of rotatable bonds is 7. The van der Waals surface area contributed by atoms with Crippen LogP contribution in [0.3, 0.4) is 0 Å². The number of carbonyl (C=O) groups is 2. The molecule has 8 heteroatoms. The first kappa shape index (κ1) is 19.8. The zero-order valence-electron chi connectivity index (χ0n) is 14.3. The predicted molar refractivity (Wildman–Crippen MR) is 102 cm³/mol. The van der Waals surface area contributed by atoms with Crippen molar-refractivity contribution >= 4 is 34.9 Å². The van der Waals surface area contributed by atoms with E-state index in [1.807, 2.05) is 6.07 Å². The normalized spacial score (nSPS) is 10.6. The molecule has 0 spiro atoms. The lowest BCUT2D eigenvalue weighted by molar-refractivity contribution is -0.136. The number of methoxy groups -OCH3 is 1. The van der Waals surface area contributed by atoms with Crippen LogP contribution >= 0.6 is 11.6 Å². The number of nitrogens with one attached hydrogen (secondary N) is 2. The molecule has 0 heterocycles. The fraction of sp³-hybridized carbons (Fsp3) is 0.105. The number of hydrogen-bond acceptors (Lipinski definition) is 5. The molecule has 138 valence electrons. The number of ether oxygens (including phenoxy) is 1. The molecular formula is C19H16ClN3O4. The van der Waals surface area contributed by atoms with Gasteiger partial charge in [0.15, 0.2) is 0 Å². The lowest BCUT2D eigenvalue weighted by Crippen LogP contribution is -2.15. The quantitative estimate of drug-likeness (QED) is 0.497. The van der Waals surface area contributed by atoms with Gasteiger partial charge in [0.2, 0.25) is 0 Å². The summed E-state index contributed by atoms with van der Waals surface area (Å²) < 4.78 is 5.15. The van der Waals surface area contributed by atoms with Crippen molar-refractivity contribution in [2.75, 3.05) is 17.7 Å². The number of halogens is 1. The Balaban J connectivity index is 2.09. The highest BCUT2D eigenvalue weighted by molar-refractivity contribution is 6.31. The van der Waals surface area contributed by atoms with Gasteiger partial charge in [-0.15, -0.1) is 0 Å². The maximum Gasteiger partial charge on any atom is 0.307 e. The molecular weight excluding hydrogens is 370 g/mol. The zero-order valence-corrected chi connectivity index (χ0v) is 15.1. The van der Waals surface area contributed by atoms with Crippen LogP contribution in [-0.2, 0) is 16.0 Å². The summed E-state index contributed by atoms with van der Waals surface area (Å²) in [6.07, 6.45) is 1.18. The van der Waals surface area contributed by atoms with Crippen LogP contribution in [0, 0.1) is 11.3 Å². The van der Waals surface area contributed by atoms with Gasteiger partial charge in [0, 0.05) is 16.9 Å². The first-order valence-electron chi connectivity index (χ1n) is 7.75. The third-order valence-electron chi connectivity index (χ3n) is 3.47. The Morgan fingerprint density at radius 1 is 1.26 bits per heavy atom. The molecule has 2 aromatic carbocycles. The van der Waals surface area contributed by atoms with E-state index in [0.717, 1.165) is 0 Å². The summed E-state index contributed by atoms with van der Waals surface area (Å²) in [5.74, 6) is -1.14. The van der Waals surface area contributed by atoms with E-state index in [-0.39, 0.29) is 12.0 Å². The number of anilines is 2. The third kappa shape index (κ3) is 5.76. The van der Waals surface area contributed by atoms with Crippen LogP contribution < -0.4 is 15.4 Å². The van der Waals surface area contributed by atoms with E-state index in [1.165, 1.54) is 19.4 Å². The molecule has 0 radical (unpaired) electrons. The molecule has 0 unspecified atom stereocenters. The van der Waals surface area contributed by atoms with Crippen LogP contribution in [0.4, 0.5) is 11.4 Å². The molecule has 1 amide bonds. The molecule has 0 atom stereocenters. The van der Waals surface area contributed by atoms with Crippen LogP contribution in [0.25, 0.3) is 0 Å². The third-order valence-corrected chi connectivity index (χ3v) is 3.70. The van der Waals surface area contributed by atoms with Crippen molar-refractivity contribution in [3.05, 3.63) is 64.8 Å². The first-order valence-corrected chi connectivity index (χ1v) is 8.13. The first-order chi connectivity index (χ1) is 12.9. The van der Waals surface area contributed by atoms with E-state index in [0.29, 0.717) is 27.7 Å². The smallest absolute Gasteiger partial charge is 0.307 e. The number of carboxylic acids is 1. The van der Waals surface area contributed by atoms with E-state index in [2.05, 4.69) is 10.6 Å². The molecule has 7 nitrogen and oxygen atoms in total. The molecule has 3 N–H and O–H groups in total. The molecule has 0 aliphatic rings. The SMILES string of the molecule is COc1ccc(Cl)cc1NC(=O)/C(C#N)=C\Nc1ccc(CC(=O)O)cc1. The van der Waals surface area contributed by atoms with Gasteiger partial charge in [0.05, 0.1) is 19.2 Å². The number of aliphatic carboxylic acids is 1. The number of nitrogens with zero attached hydrogens (tertiary/aromatic N) is 1. The molecule has 0 saturated heterocycles. The molecule has 0 aliphatic heterocycles. The largest absolute Gasteiger partial charge is 0.495 e. The second-order valence-corrected chi connectivity index (χ2v) is 5.82.